The maximum Gasteiger partial charge on any atom is 0.0824 e. The summed E-state index contributed by atoms with van der Waals surface area (Å²) in [5.74, 6) is 3.05. The molecule has 2 rings (SSSR count). The van der Waals surface area contributed by atoms with Crippen LogP contribution in [-0.4, -0.2) is 4.98 Å². The van der Waals surface area contributed by atoms with Gasteiger partial charge in [-0.15, -0.1) is 11.3 Å². The van der Waals surface area contributed by atoms with Crippen LogP contribution in [0.2, 0.25) is 0 Å². The molecular formula is C9H4INS2. The zero-order chi connectivity index (χ0) is 9.10. The minimum absolute atomic E-state index is 1.03. The minimum atomic E-state index is 1.03. The Morgan fingerprint density at radius 3 is 3.23 bits per heavy atom. The second kappa shape index (κ2) is 4.31. The van der Waals surface area contributed by atoms with Crippen LogP contribution in [0.5, 0.6) is 0 Å². The van der Waals surface area contributed by atoms with Gasteiger partial charge in [0.2, 0.25) is 0 Å². The first-order valence-corrected chi connectivity index (χ1v) is 7.76. The average molecular weight is 317 g/mol. The highest BCUT2D eigenvalue weighted by Crippen LogP contribution is 2.18. The molecule has 1 nitrogen and oxygen atoms in total. The largest absolute Gasteiger partial charge is 0.245 e. The first-order valence-electron chi connectivity index (χ1n) is 3.52. The topological polar surface area (TPSA) is 12.9 Å². The average Bonchev–Trinajstić information content (AvgIpc) is 2.61. The number of thiazole rings is 1. The predicted octanol–water partition coefficient (Wildman–Crippen LogP) is 3.69. The van der Waals surface area contributed by atoms with Gasteiger partial charge in [-0.2, -0.15) is 0 Å². The number of benzene rings is 1. The molecule has 0 aliphatic rings. The number of rotatable bonds is 0. The summed E-state index contributed by atoms with van der Waals surface area (Å²) in [6.45, 7) is 0. The van der Waals surface area contributed by atoms with Gasteiger partial charge in [-0.25, -0.2) is 4.98 Å². The summed E-state index contributed by atoms with van der Waals surface area (Å²) in [5.41, 5.74) is 3.92. The molecule has 1 aromatic carbocycles. The standard InChI is InChI=1S/C9H4INS2/c10-13-4-3-7-1-2-9-8(5-7)11-6-12-9/h1-2,5-6H. The van der Waals surface area contributed by atoms with E-state index in [0.717, 1.165) is 11.1 Å². The van der Waals surface area contributed by atoms with Crippen molar-refractivity contribution in [1.82, 2.24) is 4.98 Å². The normalized spacial score (nSPS) is 9.62. The van der Waals surface area contributed by atoms with E-state index in [2.05, 4.69) is 43.4 Å². The molecule has 0 atom stereocenters. The molecule has 0 bridgehead atoms. The summed E-state index contributed by atoms with van der Waals surface area (Å²) in [5, 5.41) is 2.95. The van der Waals surface area contributed by atoms with E-state index in [4.69, 9.17) is 0 Å². The molecule has 13 heavy (non-hydrogen) atoms. The predicted molar refractivity (Wildman–Crippen MR) is 68.1 cm³/mol. The van der Waals surface area contributed by atoms with Crippen LogP contribution in [0.4, 0.5) is 0 Å². The molecule has 0 saturated heterocycles. The van der Waals surface area contributed by atoms with Gasteiger partial charge in [0.25, 0.3) is 0 Å². The molecule has 2 aromatic rings. The fourth-order valence-electron chi connectivity index (χ4n) is 1.01. The van der Waals surface area contributed by atoms with Crippen LogP contribution in [-0.2, 0) is 0 Å². The van der Waals surface area contributed by atoms with E-state index >= 15 is 0 Å². The zero-order valence-corrected chi connectivity index (χ0v) is 10.2. The van der Waals surface area contributed by atoms with Crippen molar-refractivity contribution in [2.45, 2.75) is 0 Å². The highest BCUT2D eigenvalue weighted by molar-refractivity contribution is 14.2. The number of nitrogens with zero attached hydrogens (tertiary/aromatic N) is 1. The molecule has 64 valence electrons. The lowest BCUT2D eigenvalue weighted by molar-refractivity contribution is 1.49. The summed E-state index contributed by atoms with van der Waals surface area (Å²) in [4.78, 5) is 4.23. The lowest BCUT2D eigenvalue weighted by Crippen LogP contribution is -1.72. The molecular weight excluding hydrogens is 313 g/mol. The number of halogens is 1. The second-order valence-electron chi connectivity index (χ2n) is 2.34. The third-order valence-corrected chi connectivity index (χ3v) is 3.21. The quantitative estimate of drug-likeness (QED) is 0.543. The molecule has 0 saturated carbocycles. The van der Waals surface area contributed by atoms with E-state index in [0.29, 0.717) is 0 Å². The third kappa shape index (κ3) is 2.16. The van der Waals surface area contributed by atoms with E-state index in [9.17, 15) is 0 Å². The maximum absolute atomic E-state index is 4.23. The Hall–Kier alpha value is -0.250. The highest BCUT2D eigenvalue weighted by Gasteiger charge is 1.95. The summed E-state index contributed by atoms with van der Waals surface area (Å²) >= 11 is 3.81. The van der Waals surface area contributed by atoms with E-state index in [-0.39, 0.29) is 0 Å². The Morgan fingerprint density at radius 2 is 2.38 bits per heavy atom. The van der Waals surface area contributed by atoms with Crippen molar-refractivity contribution in [3.8, 4) is 11.2 Å². The van der Waals surface area contributed by atoms with Gasteiger partial charge < -0.3 is 0 Å². The SMILES string of the molecule is ISC#Cc1ccc2scnc2c1. The first kappa shape index (κ1) is 9.31. The van der Waals surface area contributed by atoms with Gasteiger partial charge in [-0.1, -0.05) is 5.92 Å². The van der Waals surface area contributed by atoms with E-state index < -0.39 is 0 Å². The van der Waals surface area contributed by atoms with Gasteiger partial charge in [-0.05, 0) is 32.4 Å². The molecule has 1 aromatic heterocycles. The first-order chi connectivity index (χ1) is 6.40. The summed E-state index contributed by atoms with van der Waals surface area (Å²) in [6.07, 6.45) is 0. The van der Waals surface area contributed by atoms with Crippen LogP contribution in [0.25, 0.3) is 10.2 Å². The van der Waals surface area contributed by atoms with Crippen molar-refractivity contribution in [2.75, 3.05) is 0 Å². The fourth-order valence-corrected chi connectivity index (χ4v) is 2.16. The lowest BCUT2D eigenvalue weighted by atomic mass is 10.2. The molecule has 0 amide bonds. The second-order valence-corrected chi connectivity index (χ2v) is 4.91. The van der Waals surface area contributed by atoms with Crippen molar-refractivity contribution in [1.29, 1.82) is 0 Å². The molecule has 0 spiro atoms. The molecule has 0 unspecified atom stereocenters. The van der Waals surface area contributed by atoms with Crippen molar-refractivity contribution in [3.63, 3.8) is 0 Å². The van der Waals surface area contributed by atoms with Crippen LogP contribution in [0, 0.1) is 11.2 Å². The Balaban J connectivity index is 2.48. The molecule has 0 radical (unpaired) electrons. The van der Waals surface area contributed by atoms with Crippen molar-refractivity contribution in [2.24, 2.45) is 0 Å². The molecule has 0 N–H and O–H groups in total. The summed E-state index contributed by atoms with van der Waals surface area (Å²) in [7, 11) is 1.49. The van der Waals surface area contributed by atoms with Crippen LogP contribution < -0.4 is 0 Å². The molecule has 1 heterocycles. The van der Waals surface area contributed by atoms with Crippen molar-refractivity contribution < 1.29 is 0 Å². The monoisotopic (exact) mass is 317 g/mol. The van der Waals surface area contributed by atoms with Gasteiger partial charge >= 0.3 is 0 Å². The van der Waals surface area contributed by atoms with E-state index in [1.54, 1.807) is 11.3 Å². The van der Waals surface area contributed by atoms with E-state index in [1.165, 1.54) is 13.6 Å². The number of aromatic nitrogens is 1. The Kier molecular flexibility index (Phi) is 3.09. The molecule has 4 heteroatoms. The molecule has 0 aliphatic heterocycles. The lowest BCUT2D eigenvalue weighted by Gasteiger charge is -1.88. The Labute approximate surface area is 96.5 Å². The van der Waals surface area contributed by atoms with Crippen molar-refractivity contribution >= 4 is 51.7 Å². The summed E-state index contributed by atoms with van der Waals surface area (Å²) < 4.78 is 1.22. The Bertz CT molecular complexity index is 481. The van der Waals surface area contributed by atoms with Gasteiger partial charge in [0.15, 0.2) is 0 Å². The van der Waals surface area contributed by atoms with Gasteiger partial charge in [0, 0.05) is 26.8 Å². The van der Waals surface area contributed by atoms with E-state index in [1.807, 2.05) is 17.6 Å². The Morgan fingerprint density at radius 1 is 1.46 bits per heavy atom. The number of fused-ring (bicyclic) bond motifs is 1. The number of hydrogen-bond donors (Lipinski definition) is 0. The number of hydrogen-bond acceptors (Lipinski definition) is 3. The van der Waals surface area contributed by atoms with Crippen LogP contribution >= 0.6 is 41.5 Å². The maximum atomic E-state index is 4.23. The van der Waals surface area contributed by atoms with Crippen LogP contribution in [0.3, 0.4) is 0 Å². The van der Waals surface area contributed by atoms with Crippen LogP contribution in [0.1, 0.15) is 5.56 Å². The third-order valence-electron chi connectivity index (χ3n) is 1.56. The minimum Gasteiger partial charge on any atom is -0.245 e. The zero-order valence-electron chi connectivity index (χ0n) is 6.45. The highest BCUT2D eigenvalue weighted by atomic mass is 127. The van der Waals surface area contributed by atoms with Gasteiger partial charge in [0.1, 0.15) is 0 Å². The molecule has 0 aliphatic carbocycles. The van der Waals surface area contributed by atoms with Crippen LogP contribution in [0.15, 0.2) is 23.7 Å². The smallest absolute Gasteiger partial charge is 0.0824 e. The van der Waals surface area contributed by atoms with Gasteiger partial charge in [0.05, 0.1) is 15.7 Å². The van der Waals surface area contributed by atoms with Gasteiger partial charge in [-0.3, -0.25) is 0 Å². The molecule has 0 fully saturated rings. The fraction of sp³-hybridized carbons (Fsp3) is 0. The summed E-state index contributed by atoms with van der Waals surface area (Å²) in [6, 6.07) is 6.11. The van der Waals surface area contributed by atoms with Crippen molar-refractivity contribution in [3.05, 3.63) is 29.3 Å².